The summed E-state index contributed by atoms with van der Waals surface area (Å²) in [5, 5.41) is 12.4. The fourth-order valence-corrected chi connectivity index (χ4v) is 4.60. The number of carbonyl (C=O) groups excluding carboxylic acids is 2. The van der Waals surface area contributed by atoms with Gasteiger partial charge in [0.25, 0.3) is 5.91 Å². The Kier molecular flexibility index (Phi) is 8.02. The van der Waals surface area contributed by atoms with E-state index in [1.165, 1.54) is 19.1 Å². The highest BCUT2D eigenvalue weighted by atomic mass is 32.2. The molecule has 0 spiro atoms. The van der Waals surface area contributed by atoms with Gasteiger partial charge in [-0.1, -0.05) is 0 Å². The Labute approximate surface area is 220 Å². The first-order valence-electron chi connectivity index (χ1n) is 12.1. The number of nitrogens with zero attached hydrogens (tertiary/aromatic N) is 2. The van der Waals surface area contributed by atoms with Crippen molar-refractivity contribution in [1.29, 1.82) is 0 Å². The molecule has 0 radical (unpaired) electrons. The van der Waals surface area contributed by atoms with Gasteiger partial charge in [-0.3, -0.25) is 9.59 Å². The standard InChI is InChI=1S/C26H30N4O7S/c1-16-22(17(2)30(29-16)20-6-8-21(9-7-20)38(27,33)34)10-12-25(31)37-18(3)26(32)28-19-5-11-23-24(15-19)36-14-4-13-35-23/h5-9,11,15,18H,4,10,12-14H2,1-3H3,(H,28,32)(H2,27,33,34). The molecule has 202 valence electrons. The van der Waals surface area contributed by atoms with Crippen LogP contribution in [-0.4, -0.2) is 49.4 Å². The predicted molar refractivity (Wildman–Crippen MR) is 139 cm³/mol. The smallest absolute Gasteiger partial charge is 0.306 e. The molecule has 1 aromatic heterocycles. The van der Waals surface area contributed by atoms with Gasteiger partial charge in [0.2, 0.25) is 10.0 Å². The van der Waals surface area contributed by atoms with Gasteiger partial charge in [-0.15, -0.1) is 0 Å². The summed E-state index contributed by atoms with van der Waals surface area (Å²) < 4.78 is 41.3. The summed E-state index contributed by atoms with van der Waals surface area (Å²) in [6.07, 6.45) is 0.194. The summed E-state index contributed by atoms with van der Waals surface area (Å²) >= 11 is 0. The zero-order valence-electron chi connectivity index (χ0n) is 21.4. The number of carbonyl (C=O) groups is 2. The average molecular weight is 543 g/mol. The van der Waals surface area contributed by atoms with Crippen LogP contribution in [-0.2, 0) is 30.8 Å². The number of hydrogen-bond donors (Lipinski definition) is 2. The Hall–Kier alpha value is -3.90. The molecule has 1 aliphatic rings. The number of esters is 1. The first-order chi connectivity index (χ1) is 18.0. The first-order valence-corrected chi connectivity index (χ1v) is 13.7. The van der Waals surface area contributed by atoms with Gasteiger partial charge in [-0.25, -0.2) is 18.2 Å². The zero-order chi connectivity index (χ0) is 27.4. The lowest BCUT2D eigenvalue weighted by molar-refractivity contribution is -0.153. The van der Waals surface area contributed by atoms with Crippen LogP contribution in [0.3, 0.4) is 0 Å². The molecule has 2 aromatic carbocycles. The molecule has 1 amide bonds. The minimum atomic E-state index is -3.79. The summed E-state index contributed by atoms with van der Waals surface area (Å²) in [6, 6.07) is 11.2. The van der Waals surface area contributed by atoms with Gasteiger partial charge in [0, 0.05) is 30.3 Å². The second kappa shape index (κ2) is 11.2. The molecule has 3 N–H and O–H groups in total. The molecule has 0 saturated heterocycles. The van der Waals surface area contributed by atoms with Crippen molar-refractivity contribution in [1.82, 2.24) is 9.78 Å². The van der Waals surface area contributed by atoms with E-state index in [1.54, 1.807) is 35.0 Å². The van der Waals surface area contributed by atoms with Crippen LogP contribution in [0.2, 0.25) is 0 Å². The third-order valence-corrected chi connectivity index (χ3v) is 7.05. The maximum Gasteiger partial charge on any atom is 0.306 e. The minimum absolute atomic E-state index is 0.00771. The highest BCUT2D eigenvalue weighted by Crippen LogP contribution is 2.32. The third kappa shape index (κ3) is 6.32. The summed E-state index contributed by atoms with van der Waals surface area (Å²) in [4.78, 5) is 25.1. The number of amides is 1. The molecule has 0 saturated carbocycles. The van der Waals surface area contributed by atoms with Gasteiger partial charge in [0.15, 0.2) is 17.6 Å². The van der Waals surface area contributed by atoms with Gasteiger partial charge >= 0.3 is 5.97 Å². The number of rotatable bonds is 8. The minimum Gasteiger partial charge on any atom is -0.490 e. The van der Waals surface area contributed by atoms with Gasteiger partial charge in [-0.05, 0) is 69.2 Å². The second-order valence-corrected chi connectivity index (χ2v) is 10.5. The number of anilines is 1. The van der Waals surface area contributed by atoms with Crippen molar-refractivity contribution in [3.63, 3.8) is 0 Å². The number of nitrogens with one attached hydrogen (secondary N) is 1. The molecule has 38 heavy (non-hydrogen) atoms. The maximum absolute atomic E-state index is 12.6. The van der Waals surface area contributed by atoms with Gasteiger partial charge in [0.05, 0.1) is 29.5 Å². The SMILES string of the molecule is Cc1nn(-c2ccc(S(N)(=O)=O)cc2)c(C)c1CCC(=O)OC(C)C(=O)Nc1ccc2c(c1)OCCCO2. The van der Waals surface area contributed by atoms with Crippen molar-refractivity contribution in [3.05, 3.63) is 59.4 Å². The largest absolute Gasteiger partial charge is 0.490 e. The molecular weight excluding hydrogens is 512 g/mol. The van der Waals surface area contributed by atoms with Crippen LogP contribution >= 0.6 is 0 Å². The number of nitrogens with two attached hydrogens (primary N) is 1. The lowest BCUT2D eigenvalue weighted by Gasteiger charge is -2.15. The lowest BCUT2D eigenvalue weighted by atomic mass is 10.1. The third-order valence-electron chi connectivity index (χ3n) is 6.12. The Bertz CT molecular complexity index is 1450. The number of ether oxygens (including phenoxy) is 3. The maximum atomic E-state index is 12.6. The number of sulfonamides is 1. The number of hydrogen-bond acceptors (Lipinski definition) is 8. The van der Waals surface area contributed by atoms with Crippen molar-refractivity contribution < 1.29 is 32.2 Å². The normalized spacial score (nSPS) is 13.9. The molecule has 3 aromatic rings. The summed E-state index contributed by atoms with van der Waals surface area (Å²) in [7, 11) is -3.79. The van der Waals surface area contributed by atoms with Crippen LogP contribution < -0.4 is 19.9 Å². The highest BCUT2D eigenvalue weighted by Gasteiger charge is 2.21. The van der Waals surface area contributed by atoms with E-state index in [1.807, 2.05) is 13.8 Å². The molecule has 1 unspecified atom stereocenters. The monoisotopic (exact) mass is 542 g/mol. The molecule has 0 fully saturated rings. The van der Waals surface area contributed by atoms with Crippen molar-refractivity contribution in [3.8, 4) is 17.2 Å². The van der Waals surface area contributed by atoms with E-state index in [0.717, 1.165) is 23.4 Å². The van der Waals surface area contributed by atoms with Crippen LogP contribution in [0.15, 0.2) is 47.4 Å². The Balaban J connectivity index is 1.34. The second-order valence-electron chi connectivity index (χ2n) is 8.93. The zero-order valence-corrected chi connectivity index (χ0v) is 22.2. The van der Waals surface area contributed by atoms with Crippen LogP contribution in [0.1, 0.15) is 36.7 Å². The van der Waals surface area contributed by atoms with Gasteiger partial charge in [-0.2, -0.15) is 5.10 Å². The van der Waals surface area contributed by atoms with E-state index in [4.69, 9.17) is 19.3 Å². The summed E-state index contributed by atoms with van der Waals surface area (Å²) in [5.74, 6) is 0.192. The number of benzene rings is 2. The molecule has 11 nitrogen and oxygen atoms in total. The molecule has 0 aliphatic carbocycles. The van der Waals surface area contributed by atoms with Gasteiger partial charge < -0.3 is 19.5 Å². The van der Waals surface area contributed by atoms with Crippen molar-refractivity contribution in [2.45, 2.75) is 51.0 Å². The summed E-state index contributed by atoms with van der Waals surface area (Å²) in [6.45, 7) is 6.30. The van der Waals surface area contributed by atoms with Crippen LogP contribution in [0, 0.1) is 13.8 Å². The summed E-state index contributed by atoms with van der Waals surface area (Å²) in [5.41, 5.74) is 3.57. The first kappa shape index (κ1) is 27.1. The highest BCUT2D eigenvalue weighted by molar-refractivity contribution is 7.89. The molecule has 1 aliphatic heterocycles. The van der Waals surface area contributed by atoms with Crippen LogP contribution in [0.25, 0.3) is 5.69 Å². The molecule has 0 bridgehead atoms. The average Bonchev–Trinajstić information content (AvgIpc) is 3.01. The van der Waals surface area contributed by atoms with E-state index in [2.05, 4.69) is 10.4 Å². The molecule has 4 rings (SSSR count). The number of aryl methyl sites for hydroxylation is 1. The van der Waals surface area contributed by atoms with Crippen molar-refractivity contribution >= 4 is 27.6 Å². The quantitative estimate of drug-likeness (QED) is 0.412. The number of fused-ring (bicyclic) bond motifs is 1. The van der Waals surface area contributed by atoms with E-state index in [-0.39, 0.29) is 11.3 Å². The number of primary sulfonamides is 1. The van der Waals surface area contributed by atoms with Crippen LogP contribution in [0.5, 0.6) is 11.5 Å². The van der Waals surface area contributed by atoms with Crippen LogP contribution in [0.4, 0.5) is 5.69 Å². The van der Waals surface area contributed by atoms with E-state index in [9.17, 15) is 18.0 Å². The van der Waals surface area contributed by atoms with Crippen molar-refractivity contribution in [2.24, 2.45) is 5.14 Å². The number of aromatic nitrogens is 2. The Morgan fingerprint density at radius 1 is 1.11 bits per heavy atom. The fourth-order valence-electron chi connectivity index (χ4n) is 4.09. The molecule has 12 heteroatoms. The molecular formula is C26H30N4O7S. The van der Waals surface area contributed by atoms with E-state index in [0.29, 0.717) is 42.5 Å². The lowest BCUT2D eigenvalue weighted by Crippen LogP contribution is -2.30. The Morgan fingerprint density at radius 2 is 1.79 bits per heavy atom. The van der Waals surface area contributed by atoms with Gasteiger partial charge in [0.1, 0.15) is 0 Å². The Morgan fingerprint density at radius 3 is 2.47 bits per heavy atom. The van der Waals surface area contributed by atoms with E-state index < -0.39 is 28.0 Å². The molecule has 1 atom stereocenters. The van der Waals surface area contributed by atoms with E-state index >= 15 is 0 Å². The molecule has 2 heterocycles. The van der Waals surface area contributed by atoms with Crippen molar-refractivity contribution in [2.75, 3.05) is 18.5 Å². The topological polar surface area (TPSA) is 152 Å². The predicted octanol–water partition coefficient (Wildman–Crippen LogP) is 2.80. The fraction of sp³-hybridized carbons (Fsp3) is 0.346.